The molecule has 226 valence electrons. The number of benzene rings is 1. The van der Waals surface area contributed by atoms with Crippen molar-refractivity contribution < 1.29 is 22.7 Å². The molecule has 1 aromatic carbocycles. The maximum atomic E-state index is 13.7. The number of nitrogens with zero attached hydrogens (tertiary/aromatic N) is 5. The zero-order valence-electron chi connectivity index (χ0n) is 23.8. The molecule has 14 heteroatoms. The lowest BCUT2D eigenvalue weighted by atomic mass is 10.0. The van der Waals surface area contributed by atoms with E-state index >= 15 is 0 Å². The van der Waals surface area contributed by atoms with E-state index in [1.807, 2.05) is 30.9 Å². The highest BCUT2D eigenvalue weighted by Gasteiger charge is 2.40. The van der Waals surface area contributed by atoms with Crippen molar-refractivity contribution >= 4 is 61.1 Å². The van der Waals surface area contributed by atoms with Crippen molar-refractivity contribution in [2.75, 3.05) is 64.3 Å². The molecular formula is C28H36ClN7O5S. The molecule has 0 spiro atoms. The number of carbonyl (C=O) groups excluding carboxylic acids is 2. The van der Waals surface area contributed by atoms with Gasteiger partial charge in [0.1, 0.15) is 6.04 Å². The highest BCUT2D eigenvalue weighted by molar-refractivity contribution is 7.86. The Labute approximate surface area is 250 Å². The van der Waals surface area contributed by atoms with Crippen LogP contribution >= 0.6 is 11.6 Å². The number of fused-ring (bicyclic) bond motifs is 3. The number of aromatic amines is 1. The predicted molar refractivity (Wildman–Crippen MR) is 161 cm³/mol. The molecule has 3 aromatic rings. The molecule has 0 saturated carbocycles. The number of carbonyl (C=O) groups is 2. The minimum absolute atomic E-state index is 0.0206. The molecule has 0 unspecified atom stereocenters. The van der Waals surface area contributed by atoms with Crippen molar-refractivity contribution in [3.63, 3.8) is 0 Å². The highest BCUT2D eigenvalue weighted by Crippen LogP contribution is 2.33. The molecule has 3 aliphatic heterocycles. The van der Waals surface area contributed by atoms with Crippen LogP contribution < -0.4 is 5.32 Å². The van der Waals surface area contributed by atoms with Gasteiger partial charge in [0.2, 0.25) is 11.8 Å². The summed E-state index contributed by atoms with van der Waals surface area (Å²) in [6.45, 7) is 6.62. The number of hydrogen-bond acceptors (Lipinski definition) is 7. The van der Waals surface area contributed by atoms with E-state index in [9.17, 15) is 18.0 Å². The Hall–Kier alpha value is -2.81. The van der Waals surface area contributed by atoms with Crippen LogP contribution in [0, 0.1) is 0 Å². The van der Waals surface area contributed by atoms with Gasteiger partial charge in [-0.1, -0.05) is 11.6 Å². The molecule has 3 fully saturated rings. The van der Waals surface area contributed by atoms with Crippen molar-refractivity contribution in [3.8, 4) is 0 Å². The van der Waals surface area contributed by atoms with E-state index in [4.69, 9.17) is 16.3 Å². The largest absolute Gasteiger partial charge is 0.372 e. The minimum Gasteiger partial charge on any atom is -0.372 e. The molecule has 6 rings (SSSR count). The Bertz CT molecular complexity index is 1610. The summed E-state index contributed by atoms with van der Waals surface area (Å²) >= 11 is 6.44. The molecule has 5 heterocycles. The zero-order valence-corrected chi connectivity index (χ0v) is 25.4. The van der Waals surface area contributed by atoms with Crippen LogP contribution in [0.25, 0.3) is 21.8 Å². The smallest absolute Gasteiger partial charge is 0.282 e. The number of H-pyrrole nitrogens is 1. The van der Waals surface area contributed by atoms with E-state index in [1.54, 1.807) is 23.4 Å². The maximum absolute atomic E-state index is 13.7. The summed E-state index contributed by atoms with van der Waals surface area (Å²) in [5.41, 5.74) is 1.54. The van der Waals surface area contributed by atoms with Crippen LogP contribution in [0.15, 0.2) is 30.6 Å². The fourth-order valence-corrected chi connectivity index (χ4v) is 8.01. The van der Waals surface area contributed by atoms with E-state index in [1.165, 1.54) is 8.61 Å². The summed E-state index contributed by atoms with van der Waals surface area (Å²) < 4.78 is 34.9. The van der Waals surface area contributed by atoms with Gasteiger partial charge in [-0.15, -0.1) is 0 Å². The number of halogens is 1. The summed E-state index contributed by atoms with van der Waals surface area (Å²) in [7, 11) is -3.50. The molecule has 42 heavy (non-hydrogen) atoms. The van der Waals surface area contributed by atoms with Crippen molar-refractivity contribution in [1.82, 2.24) is 28.4 Å². The standard InChI is InChI=1S/C28H36ClN7O5S/c1-28(2)18-34(16-25(37)33-9-11-36(12-10-33)42(39,40)35-7-3-4-8-35)24(17-41-28)27(38)32-22-14-19(29)13-21-20-5-6-30-15-23(20)31-26(21)22/h5-6,13-15,24,31H,3-4,7-12,16-18H2,1-2H3,(H,32,38)/t24-/m0/s1. The molecule has 2 amide bonds. The summed E-state index contributed by atoms with van der Waals surface area (Å²) in [6, 6.07) is 4.73. The van der Waals surface area contributed by atoms with Gasteiger partial charge in [0.05, 0.1) is 41.7 Å². The van der Waals surface area contributed by atoms with Crippen molar-refractivity contribution in [2.45, 2.75) is 38.3 Å². The number of anilines is 1. The van der Waals surface area contributed by atoms with Crippen molar-refractivity contribution in [1.29, 1.82) is 0 Å². The Morgan fingerprint density at radius 3 is 2.55 bits per heavy atom. The molecule has 3 aliphatic rings. The number of nitrogens with one attached hydrogen (secondary N) is 2. The van der Waals surface area contributed by atoms with Crippen LogP contribution in [-0.2, 0) is 24.5 Å². The number of morpholine rings is 1. The van der Waals surface area contributed by atoms with Gasteiger partial charge < -0.3 is 19.9 Å². The van der Waals surface area contributed by atoms with E-state index in [0.717, 1.165) is 34.6 Å². The molecule has 2 N–H and O–H groups in total. The Balaban J connectivity index is 1.15. The number of amides is 2. The van der Waals surface area contributed by atoms with Gasteiger partial charge >= 0.3 is 0 Å². The van der Waals surface area contributed by atoms with Crippen LogP contribution in [0.4, 0.5) is 5.69 Å². The Morgan fingerprint density at radius 1 is 1.10 bits per heavy atom. The Morgan fingerprint density at radius 2 is 1.81 bits per heavy atom. The molecule has 0 aliphatic carbocycles. The molecule has 0 radical (unpaired) electrons. The zero-order chi connectivity index (χ0) is 29.6. The SMILES string of the molecule is CC1(C)CN(CC(=O)N2CCN(S(=O)(=O)N3CCCC3)CC2)[C@H](C(=O)Nc2cc(Cl)cc3c2[nH]c2cnccc23)CO1. The summed E-state index contributed by atoms with van der Waals surface area (Å²) in [6.07, 6.45) is 5.19. The third-order valence-electron chi connectivity index (χ3n) is 8.34. The monoisotopic (exact) mass is 617 g/mol. The first kappa shape index (κ1) is 29.3. The normalized spacial score (nSPS) is 22.6. The third kappa shape index (κ3) is 5.73. The lowest BCUT2D eigenvalue weighted by molar-refractivity contribution is -0.150. The summed E-state index contributed by atoms with van der Waals surface area (Å²) in [4.78, 5) is 38.2. The van der Waals surface area contributed by atoms with Crippen molar-refractivity contribution in [2.24, 2.45) is 0 Å². The average molecular weight is 618 g/mol. The fourth-order valence-electron chi connectivity index (χ4n) is 6.12. The van der Waals surface area contributed by atoms with Gasteiger partial charge in [-0.3, -0.25) is 19.5 Å². The van der Waals surface area contributed by atoms with Crippen LogP contribution in [0.1, 0.15) is 26.7 Å². The van der Waals surface area contributed by atoms with Crippen LogP contribution in [0.2, 0.25) is 5.02 Å². The number of rotatable bonds is 6. The fraction of sp³-hybridized carbons (Fsp3) is 0.536. The predicted octanol–water partition coefficient (Wildman–Crippen LogP) is 2.27. The van der Waals surface area contributed by atoms with E-state index in [-0.39, 0.29) is 38.1 Å². The quantitative estimate of drug-likeness (QED) is 0.434. The molecule has 1 atom stereocenters. The molecule has 2 aromatic heterocycles. The Kier molecular flexibility index (Phi) is 7.92. The topological polar surface area (TPSA) is 131 Å². The molecule has 0 bridgehead atoms. The van der Waals surface area contributed by atoms with Crippen molar-refractivity contribution in [3.05, 3.63) is 35.6 Å². The first-order valence-electron chi connectivity index (χ1n) is 14.3. The van der Waals surface area contributed by atoms with Gasteiger partial charge in [0.15, 0.2) is 0 Å². The van der Waals surface area contributed by atoms with E-state index in [0.29, 0.717) is 43.4 Å². The van der Waals surface area contributed by atoms with Gasteiger partial charge in [-0.25, -0.2) is 0 Å². The van der Waals surface area contributed by atoms with Gasteiger partial charge in [0.25, 0.3) is 10.2 Å². The summed E-state index contributed by atoms with van der Waals surface area (Å²) in [5.74, 6) is -0.447. The first-order valence-corrected chi connectivity index (χ1v) is 16.1. The number of aromatic nitrogens is 2. The molecule has 3 saturated heterocycles. The average Bonchev–Trinajstić information content (AvgIpc) is 3.62. The molecular weight excluding hydrogens is 582 g/mol. The number of piperazine rings is 1. The highest BCUT2D eigenvalue weighted by atomic mass is 35.5. The minimum atomic E-state index is -3.50. The molecule has 12 nitrogen and oxygen atoms in total. The third-order valence-corrected chi connectivity index (χ3v) is 10.6. The van der Waals surface area contributed by atoms with Gasteiger partial charge in [-0.2, -0.15) is 17.0 Å². The lowest BCUT2D eigenvalue weighted by Crippen LogP contribution is -2.61. The lowest BCUT2D eigenvalue weighted by Gasteiger charge is -2.43. The number of ether oxygens (including phenoxy) is 1. The number of pyridine rings is 1. The maximum Gasteiger partial charge on any atom is 0.282 e. The van der Waals surface area contributed by atoms with E-state index in [2.05, 4.69) is 15.3 Å². The van der Waals surface area contributed by atoms with Crippen LogP contribution in [-0.4, -0.2) is 119 Å². The second kappa shape index (κ2) is 11.4. The first-order chi connectivity index (χ1) is 20.0. The second-order valence-corrected chi connectivity index (χ2v) is 14.2. The summed E-state index contributed by atoms with van der Waals surface area (Å²) in [5, 5.41) is 5.31. The van der Waals surface area contributed by atoms with E-state index < -0.39 is 21.9 Å². The second-order valence-electron chi connectivity index (χ2n) is 11.8. The van der Waals surface area contributed by atoms with Gasteiger partial charge in [-0.05, 0) is 44.9 Å². The number of hydrogen-bond donors (Lipinski definition) is 2. The van der Waals surface area contributed by atoms with Crippen LogP contribution in [0.5, 0.6) is 0 Å². The van der Waals surface area contributed by atoms with Crippen LogP contribution in [0.3, 0.4) is 0 Å². The van der Waals surface area contributed by atoms with Gasteiger partial charge in [0, 0.05) is 67.8 Å².